The van der Waals surface area contributed by atoms with Crippen LogP contribution in [0.4, 0.5) is 0 Å². The Morgan fingerprint density at radius 2 is 0.857 bits per heavy atom. The number of fused-ring (bicyclic) bond motifs is 5. The van der Waals surface area contributed by atoms with Gasteiger partial charge in [0.05, 0.1) is 11.6 Å². The summed E-state index contributed by atoms with van der Waals surface area (Å²) in [5, 5.41) is 19.0. The van der Waals surface area contributed by atoms with Gasteiger partial charge in [0.25, 0.3) is 0 Å². The van der Waals surface area contributed by atoms with Gasteiger partial charge in [0, 0.05) is 10.9 Å². The molecule has 1 aliphatic rings. The number of hydrogen-bond donors (Lipinski definition) is 0. The van der Waals surface area contributed by atoms with Crippen LogP contribution in [0.5, 0.6) is 11.5 Å². The average Bonchev–Trinajstić information content (AvgIpc) is 3.17. The van der Waals surface area contributed by atoms with Crippen LogP contribution in [0, 0.1) is 11.3 Å². The van der Waals surface area contributed by atoms with Gasteiger partial charge in [0.2, 0.25) is 0 Å². The van der Waals surface area contributed by atoms with Gasteiger partial charge in [-0.25, -0.2) is 0 Å². The van der Waals surface area contributed by atoms with Crippen LogP contribution in [0.25, 0.3) is 87.6 Å². The second-order valence-electron chi connectivity index (χ2n) is 12.7. The molecule has 1 heterocycles. The fraction of sp³-hybridized carbons (Fsp3) is 0. The van der Waals surface area contributed by atoms with Crippen molar-refractivity contribution in [3.8, 4) is 62.1 Å². The highest BCUT2D eigenvalue weighted by molar-refractivity contribution is 6.24. The fourth-order valence-corrected chi connectivity index (χ4v) is 8.01. The van der Waals surface area contributed by atoms with Crippen LogP contribution in [0.1, 0.15) is 5.56 Å². The van der Waals surface area contributed by atoms with Gasteiger partial charge in [0.1, 0.15) is 11.5 Å². The molecule has 2 heteroatoms. The lowest BCUT2D eigenvalue weighted by molar-refractivity contribution is 0.487. The molecular weight excluding hydrogens is 595 g/mol. The molecule has 2 nitrogen and oxygen atoms in total. The predicted octanol–water partition coefficient (Wildman–Crippen LogP) is 12.9. The van der Waals surface area contributed by atoms with Gasteiger partial charge >= 0.3 is 0 Å². The van der Waals surface area contributed by atoms with Crippen molar-refractivity contribution in [1.29, 1.82) is 5.26 Å². The summed E-state index contributed by atoms with van der Waals surface area (Å²) >= 11 is 0. The number of rotatable bonds is 3. The van der Waals surface area contributed by atoms with Crippen molar-refractivity contribution in [3.63, 3.8) is 0 Å². The first-order valence-electron chi connectivity index (χ1n) is 16.6. The molecule has 0 unspecified atom stereocenters. The van der Waals surface area contributed by atoms with Crippen molar-refractivity contribution >= 4 is 43.1 Å². The average molecular weight is 622 g/mol. The quantitative estimate of drug-likeness (QED) is 0.184. The summed E-state index contributed by atoms with van der Waals surface area (Å²) < 4.78 is 6.43. The number of nitrogens with zero attached hydrogens (tertiary/aromatic N) is 1. The molecule has 0 radical (unpaired) electrons. The maximum Gasteiger partial charge on any atom is 0.135 e. The van der Waals surface area contributed by atoms with E-state index in [4.69, 9.17) is 4.74 Å². The Morgan fingerprint density at radius 1 is 0.347 bits per heavy atom. The fourth-order valence-electron chi connectivity index (χ4n) is 8.01. The Balaban J connectivity index is 1.24. The number of para-hydroxylation sites is 1. The Labute approximate surface area is 283 Å². The highest BCUT2D eigenvalue weighted by atomic mass is 16.5. The highest BCUT2D eigenvalue weighted by Crippen LogP contribution is 2.50. The predicted molar refractivity (Wildman–Crippen MR) is 203 cm³/mol. The zero-order chi connectivity index (χ0) is 32.5. The molecule has 9 aromatic rings. The summed E-state index contributed by atoms with van der Waals surface area (Å²) in [7, 11) is 0. The second-order valence-corrected chi connectivity index (χ2v) is 12.7. The van der Waals surface area contributed by atoms with Crippen LogP contribution in [0.15, 0.2) is 164 Å². The summed E-state index contributed by atoms with van der Waals surface area (Å²) in [5.74, 6) is 1.80. The lowest BCUT2D eigenvalue weighted by Gasteiger charge is -2.23. The first-order chi connectivity index (χ1) is 24.3. The van der Waals surface area contributed by atoms with E-state index in [1.54, 1.807) is 0 Å². The third-order valence-electron chi connectivity index (χ3n) is 10.1. The number of benzene rings is 9. The van der Waals surface area contributed by atoms with E-state index in [-0.39, 0.29) is 0 Å². The van der Waals surface area contributed by atoms with E-state index in [1.165, 1.54) is 71.1 Å². The van der Waals surface area contributed by atoms with Crippen molar-refractivity contribution in [2.45, 2.75) is 0 Å². The highest BCUT2D eigenvalue weighted by Gasteiger charge is 2.23. The SMILES string of the molecule is N#Cc1ccc(-c2c3ccccc3c(-c3ccc(-c4ccc5c6c(cccc46)-c4ccccc4O5)c4ccccc34)c3ccccc23)cc1. The van der Waals surface area contributed by atoms with E-state index in [1.807, 2.05) is 24.3 Å². The topological polar surface area (TPSA) is 33.0 Å². The van der Waals surface area contributed by atoms with Gasteiger partial charge < -0.3 is 4.74 Å². The number of hydrogen-bond acceptors (Lipinski definition) is 2. The molecule has 0 amide bonds. The van der Waals surface area contributed by atoms with Crippen molar-refractivity contribution in [1.82, 2.24) is 0 Å². The molecule has 226 valence electrons. The first-order valence-corrected chi connectivity index (χ1v) is 16.6. The van der Waals surface area contributed by atoms with E-state index < -0.39 is 0 Å². The molecule has 0 bridgehead atoms. The Hall–Kier alpha value is -6.69. The molecule has 0 aliphatic carbocycles. The van der Waals surface area contributed by atoms with E-state index in [0.29, 0.717) is 5.56 Å². The van der Waals surface area contributed by atoms with Gasteiger partial charge in [-0.05, 0) is 101 Å². The van der Waals surface area contributed by atoms with Crippen LogP contribution in [0.2, 0.25) is 0 Å². The molecule has 0 N–H and O–H groups in total. The van der Waals surface area contributed by atoms with Crippen LogP contribution < -0.4 is 4.74 Å². The largest absolute Gasteiger partial charge is 0.456 e. The molecule has 49 heavy (non-hydrogen) atoms. The normalized spacial score (nSPS) is 11.8. The van der Waals surface area contributed by atoms with Gasteiger partial charge in [-0.3, -0.25) is 0 Å². The number of ether oxygens (including phenoxy) is 1. The van der Waals surface area contributed by atoms with Crippen molar-refractivity contribution in [3.05, 3.63) is 169 Å². The smallest absolute Gasteiger partial charge is 0.135 e. The van der Waals surface area contributed by atoms with Gasteiger partial charge in [-0.2, -0.15) is 5.26 Å². The Bertz CT molecular complexity index is 2800. The summed E-state index contributed by atoms with van der Waals surface area (Å²) in [6, 6.07) is 60.3. The van der Waals surface area contributed by atoms with Crippen molar-refractivity contribution < 1.29 is 4.74 Å². The summed E-state index contributed by atoms with van der Waals surface area (Å²) in [5.41, 5.74) is 10.1. The van der Waals surface area contributed by atoms with Crippen LogP contribution in [0.3, 0.4) is 0 Å². The minimum atomic E-state index is 0.661. The molecular formula is C47H27NO. The molecule has 0 saturated carbocycles. The van der Waals surface area contributed by atoms with Gasteiger partial charge in [0.15, 0.2) is 0 Å². The van der Waals surface area contributed by atoms with Gasteiger partial charge in [-0.15, -0.1) is 0 Å². The lowest BCUT2D eigenvalue weighted by Crippen LogP contribution is -1.98. The van der Waals surface area contributed by atoms with E-state index in [2.05, 4.69) is 146 Å². The molecule has 0 atom stereocenters. The maximum absolute atomic E-state index is 9.45. The lowest BCUT2D eigenvalue weighted by atomic mass is 9.83. The Kier molecular flexibility index (Phi) is 5.97. The molecule has 10 rings (SSSR count). The van der Waals surface area contributed by atoms with Crippen molar-refractivity contribution in [2.24, 2.45) is 0 Å². The van der Waals surface area contributed by atoms with Crippen LogP contribution in [-0.4, -0.2) is 0 Å². The molecule has 0 saturated heterocycles. The maximum atomic E-state index is 9.45. The minimum absolute atomic E-state index is 0.661. The molecule has 9 aromatic carbocycles. The first kappa shape index (κ1) is 27.4. The van der Waals surface area contributed by atoms with Gasteiger partial charge in [-0.1, -0.05) is 140 Å². The minimum Gasteiger partial charge on any atom is -0.456 e. The monoisotopic (exact) mass is 621 g/mol. The zero-order valence-corrected chi connectivity index (χ0v) is 26.4. The third-order valence-corrected chi connectivity index (χ3v) is 10.1. The van der Waals surface area contributed by atoms with E-state index >= 15 is 0 Å². The Morgan fingerprint density at radius 3 is 1.55 bits per heavy atom. The summed E-state index contributed by atoms with van der Waals surface area (Å²) in [6.45, 7) is 0. The van der Waals surface area contributed by atoms with E-state index in [9.17, 15) is 5.26 Å². The summed E-state index contributed by atoms with van der Waals surface area (Å²) in [6.07, 6.45) is 0. The van der Waals surface area contributed by atoms with Crippen LogP contribution in [-0.2, 0) is 0 Å². The van der Waals surface area contributed by atoms with E-state index in [0.717, 1.165) is 28.0 Å². The molecule has 0 fully saturated rings. The third kappa shape index (κ3) is 4.07. The van der Waals surface area contributed by atoms with Crippen LogP contribution >= 0.6 is 0 Å². The zero-order valence-electron chi connectivity index (χ0n) is 26.4. The number of nitriles is 1. The van der Waals surface area contributed by atoms with Crippen molar-refractivity contribution in [2.75, 3.05) is 0 Å². The standard InChI is InChI=1S/C47H27NO/c48-28-29-20-22-30(23-21-29)45-38-13-3-5-15-40(38)46(41-16-6-4-14-39(41)45)42-25-24-33(31-10-1-2-11-32(31)42)34-26-27-44-47-36(34)17-9-18-37(47)35-12-7-8-19-43(35)49-44/h1-27H. The molecule has 1 aliphatic heterocycles. The summed E-state index contributed by atoms with van der Waals surface area (Å²) in [4.78, 5) is 0. The molecule has 0 spiro atoms. The second kappa shape index (κ2) is 10.7. The molecule has 0 aromatic heterocycles.